The summed E-state index contributed by atoms with van der Waals surface area (Å²) in [5.74, 6) is 0.846. The first kappa shape index (κ1) is 11.0. The highest BCUT2D eigenvalue weighted by Gasteiger charge is 2.43. The molecule has 16 heavy (non-hydrogen) atoms. The number of nitrogens with one attached hydrogen (secondary N) is 1. The van der Waals surface area contributed by atoms with Crippen molar-refractivity contribution >= 4 is 0 Å². The van der Waals surface area contributed by atoms with Crippen LogP contribution in [0.4, 0.5) is 0 Å². The van der Waals surface area contributed by atoms with Crippen LogP contribution >= 0.6 is 0 Å². The third-order valence-electron chi connectivity index (χ3n) is 4.38. The average Bonchev–Trinajstić information content (AvgIpc) is 2.77. The molecule has 2 aliphatic heterocycles. The summed E-state index contributed by atoms with van der Waals surface area (Å²) in [6.45, 7) is 3.93. The van der Waals surface area contributed by atoms with Crippen LogP contribution in [0.5, 0.6) is 0 Å². The van der Waals surface area contributed by atoms with Crippen LogP contribution in [-0.2, 0) is 9.47 Å². The van der Waals surface area contributed by atoms with Crippen LogP contribution in [0.25, 0.3) is 0 Å². The summed E-state index contributed by atoms with van der Waals surface area (Å²) < 4.78 is 12.0. The van der Waals surface area contributed by atoms with Gasteiger partial charge in [-0.1, -0.05) is 12.8 Å². The van der Waals surface area contributed by atoms with E-state index in [1.54, 1.807) is 0 Å². The van der Waals surface area contributed by atoms with Gasteiger partial charge in [0.05, 0.1) is 11.7 Å². The van der Waals surface area contributed by atoms with E-state index in [4.69, 9.17) is 9.47 Å². The lowest BCUT2D eigenvalue weighted by Gasteiger charge is -2.47. The first-order valence-corrected chi connectivity index (χ1v) is 6.83. The fourth-order valence-electron chi connectivity index (χ4n) is 3.22. The van der Waals surface area contributed by atoms with Crippen LogP contribution in [0, 0.1) is 5.92 Å². The molecule has 1 saturated carbocycles. The molecule has 3 aliphatic rings. The Balaban J connectivity index is 1.43. The lowest BCUT2D eigenvalue weighted by Crippen LogP contribution is -2.64. The Morgan fingerprint density at radius 1 is 1.19 bits per heavy atom. The SMILES string of the molecule is C1CCC(COC2CCOC3(CNC3)C2)C1. The molecule has 0 bridgehead atoms. The summed E-state index contributed by atoms with van der Waals surface area (Å²) in [4.78, 5) is 0. The van der Waals surface area contributed by atoms with Crippen LogP contribution < -0.4 is 5.32 Å². The van der Waals surface area contributed by atoms with Crippen LogP contribution in [0.2, 0.25) is 0 Å². The fourth-order valence-corrected chi connectivity index (χ4v) is 3.22. The van der Waals surface area contributed by atoms with Gasteiger partial charge in [0.15, 0.2) is 0 Å². The van der Waals surface area contributed by atoms with Crippen molar-refractivity contribution in [2.45, 2.75) is 50.2 Å². The summed E-state index contributed by atoms with van der Waals surface area (Å²) in [6, 6.07) is 0. The summed E-state index contributed by atoms with van der Waals surface area (Å²) in [5.41, 5.74) is 0.137. The van der Waals surface area contributed by atoms with Crippen molar-refractivity contribution in [3.05, 3.63) is 0 Å². The molecule has 1 spiro atoms. The predicted molar refractivity (Wildman–Crippen MR) is 62.5 cm³/mol. The fraction of sp³-hybridized carbons (Fsp3) is 1.00. The molecule has 1 N–H and O–H groups in total. The molecule has 0 aromatic rings. The second-order valence-electron chi connectivity index (χ2n) is 5.73. The third kappa shape index (κ3) is 2.27. The minimum Gasteiger partial charge on any atom is -0.378 e. The Labute approximate surface area is 97.9 Å². The minimum absolute atomic E-state index is 0.137. The highest BCUT2D eigenvalue weighted by Crippen LogP contribution is 2.31. The molecule has 3 heteroatoms. The molecule has 2 saturated heterocycles. The molecule has 0 aromatic heterocycles. The van der Waals surface area contributed by atoms with Crippen molar-refractivity contribution < 1.29 is 9.47 Å². The second-order valence-corrected chi connectivity index (χ2v) is 5.73. The van der Waals surface area contributed by atoms with Gasteiger partial charge in [0.25, 0.3) is 0 Å². The molecule has 0 radical (unpaired) electrons. The molecule has 0 aromatic carbocycles. The minimum atomic E-state index is 0.137. The van der Waals surface area contributed by atoms with E-state index in [0.717, 1.165) is 45.1 Å². The van der Waals surface area contributed by atoms with Crippen molar-refractivity contribution in [3.63, 3.8) is 0 Å². The van der Waals surface area contributed by atoms with Crippen molar-refractivity contribution in [1.29, 1.82) is 0 Å². The number of hydrogen-bond acceptors (Lipinski definition) is 3. The molecule has 2 heterocycles. The highest BCUT2D eigenvalue weighted by molar-refractivity contribution is 4.98. The Kier molecular flexibility index (Phi) is 3.18. The van der Waals surface area contributed by atoms with E-state index in [9.17, 15) is 0 Å². The van der Waals surface area contributed by atoms with Gasteiger partial charge in [0, 0.05) is 32.7 Å². The Hall–Kier alpha value is -0.120. The number of ether oxygens (including phenoxy) is 2. The maximum absolute atomic E-state index is 6.09. The zero-order chi connectivity index (χ0) is 10.8. The van der Waals surface area contributed by atoms with Gasteiger partial charge in [0.1, 0.15) is 0 Å². The molecule has 1 atom stereocenters. The molecular formula is C13H23NO2. The van der Waals surface area contributed by atoms with E-state index in [1.807, 2.05) is 0 Å². The average molecular weight is 225 g/mol. The smallest absolute Gasteiger partial charge is 0.0954 e. The van der Waals surface area contributed by atoms with E-state index in [1.165, 1.54) is 25.7 Å². The molecule has 92 valence electrons. The van der Waals surface area contributed by atoms with Crippen LogP contribution in [0.1, 0.15) is 38.5 Å². The van der Waals surface area contributed by atoms with Crippen LogP contribution in [0.15, 0.2) is 0 Å². The lowest BCUT2D eigenvalue weighted by atomic mass is 9.86. The van der Waals surface area contributed by atoms with Gasteiger partial charge in [-0.3, -0.25) is 0 Å². The van der Waals surface area contributed by atoms with Gasteiger partial charge in [0.2, 0.25) is 0 Å². The third-order valence-corrected chi connectivity index (χ3v) is 4.38. The largest absolute Gasteiger partial charge is 0.378 e. The lowest BCUT2D eigenvalue weighted by molar-refractivity contribution is -0.157. The van der Waals surface area contributed by atoms with Crippen LogP contribution in [-0.4, -0.2) is 38.0 Å². The Bertz CT molecular complexity index is 234. The quantitative estimate of drug-likeness (QED) is 0.793. The van der Waals surface area contributed by atoms with Gasteiger partial charge >= 0.3 is 0 Å². The van der Waals surface area contributed by atoms with Crippen LogP contribution in [0.3, 0.4) is 0 Å². The van der Waals surface area contributed by atoms with Gasteiger partial charge in [-0.2, -0.15) is 0 Å². The van der Waals surface area contributed by atoms with E-state index < -0.39 is 0 Å². The molecule has 3 fully saturated rings. The maximum atomic E-state index is 6.09. The van der Waals surface area contributed by atoms with E-state index in [2.05, 4.69) is 5.32 Å². The van der Waals surface area contributed by atoms with Gasteiger partial charge in [-0.05, 0) is 25.2 Å². The molecule has 0 amide bonds. The van der Waals surface area contributed by atoms with Crippen molar-refractivity contribution in [2.75, 3.05) is 26.3 Å². The van der Waals surface area contributed by atoms with Crippen molar-refractivity contribution in [3.8, 4) is 0 Å². The van der Waals surface area contributed by atoms with Crippen molar-refractivity contribution in [2.24, 2.45) is 5.92 Å². The molecular weight excluding hydrogens is 202 g/mol. The topological polar surface area (TPSA) is 30.5 Å². The second kappa shape index (κ2) is 4.63. The maximum Gasteiger partial charge on any atom is 0.0954 e. The standard InChI is InChI=1S/C13H23NO2/c1-2-4-11(3-1)8-15-12-5-6-16-13(7-12)9-14-10-13/h11-12,14H,1-10H2. The normalized spacial score (nSPS) is 34.1. The van der Waals surface area contributed by atoms with Crippen molar-refractivity contribution in [1.82, 2.24) is 5.32 Å². The molecule has 3 nitrogen and oxygen atoms in total. The first-order valence-electron chi connectivity index (χ1n) is 6.83. The summed E-state index contributed by atoms with van der Waals surface area (Å²) in [6.07, 6.45) is 8.25. The highest BCUT2D eigenvalue weighted by atomic mass is 16.5. The summed E-state index contributed by atoms with van der Waals surface area (Å²) in [5, 5.41) is 3.31. The predicted octanol–water partition coefficient (Wildman–Crippen LogP) is 1.71. The van der Waals surface area contributed by atoms with E-state index in [-0.39, 0.29) is 5.60 Å². The number of rotatable bonds is 3. The molecule has 1 aliphatic carbocycles. The van der Waals surface area contributed by atoms with E-state index in [0.29, 0.717) is 6.10 Å². The first-order chi connectivity index (χ1) is 7.86. The van der Waals surface area contributed by atoms with Gasteiger partial charge in [-0.25, -0.2) is 0 Å². The van der Waals surface area contributed by atoms with Gasteiger partial charge in [-0.15, -0.1) is 0 Å². The zero-order valence-electron chi connectivity index (χ0n) is 10.0. The Morgan fingerprint density at radius 2 is 2.00 bits per heavy atom. The summed E-state index contributed by atoms with van der Waals surface area (Å²) in [7, 11) is 0. The van der Waals surface area contributed by atoms with Gasteiger partial charge < -0.3 is 14.8 Å². The summed E-state index contributed by atoms with van der Waals surface area (Å²) >= 11 is 0. The Morgan fingerprint density at radius 3 is 2.69 bits per heavy atom. The zero-order valence-corrected chi connectivity index (χ0v) is 10.0. The monoisotopic (exact) mass is 225 g/mol. The number of hydrogen-bond donors (Lipinski definition) is 1. The molecule has 3 rings (SSSR count). The van der Waals surface area contributed by atoms with E-state index >= 15 is 0 Å². The molecule has 1 unspecified atom stereocenters.